The Hall–Kier alpha value is -3.21. The SMILES string of the molecule is CC(=O)Nc1ccc(C(F)(F)F)cc1NC(=O)CCc1nc(-c2ccsc2)no1. The van der Waals surface area contributed by atoms with Gasteiger partial charge in [0.15, 0.2) is 0 Å². The minimum Gasteiger partial charge on any atom is -0.339 e. The lowest BCUT2D eigenvalue weighted by molar-refractivity contribution is -0.137. The number of carbonyl (C=O) groups excluding carboxylic acids is 2. The molecular formula is C18H15F3N4O3S. The van der Waals surface area contributed by atoms with Gasteiger partial charge >= 0.3 is 6.18 Å². The van der Waals surface area contributed by atoms with Crippen LogP contribution >= 0.6 is 11.3 Å². The van der Waals surface area contributed by atoms with Crippen molar-refractivity contribution in [2.45, 2.75) is 25.9 Å². The summed E-state index contributed by atoms with van der Waals surface area (Å²) < 4.78 is 44.0. The molecular weight excluding hydrogens is 409 g/mol. The van der Waals surface area contributed by atoms with Gasteiger partial charge in [0.05, 0.1) is 16.9 Å². The van der Waals surface area contributed by atoms with Crippen LogP contribution in [0.3, 0.4) is 0 Å². The van der Waals surface area contributed by atoms with Crippen molar-refractivity contribution in [2.24, 2.45) is 0 Å². The van der Waals surface area contributed by atoms with Gasteiger partial charge in [0.1, 0.15) is 0 Å². The first kappa shape index (κ1) is 20.5. The maximum absolute atomic E-state index is 13.0. The summed E-state index contributed by atoms with van der Waals surface area (Å²) in [4.78, 5) is 27.7. The molecule has 2 amide bonds. The Morgan fingerprint density at radius 2 is 1.97 bits per heavy atom. The molecule has 0 spiro atoms. The monoisotopic (exact) mass is 424 g/mol. The molecule has 0 saturated heterocycles. The Bertz CT molecular complexity index is 1020. The molecule has 2 heterocycles. The highest BCUT2D eigenvalue weighted by atomic mass is 32.1. The molecule has 0 saturated carbocycles. The number of aromatic nitrogens is 2. The molecule has 7 nitrogen and oxygen atoms in total. The molecule has 1 aromatic carbocycles. The Labute approximate surface area is 166 Å². The number of alkyl halides is 3. The molecule has 0 unspecified atom stereocenters. The summed E-state index contributed by atoms with van der Waals surface area (Å²) in [5, 5.41) is 12.3. The van der Waals surface area contributed by atoms with E-state index in [0.717, 1.165) is 23.8 Å². The number of thiophene rings is 1. The van der Waals surface area contributed by atoms with Crippen LogP contribution < -0.4 is 10.6 Å². The fourth-order valence-electron chi connectivity index (χ4n) is 2.42. The Morgan fingerprint density at radius 3 is 2.62 bits per heavy atom. The average Bonchev–Trinajstić information content (AvgIpc) is 3.31. The summed E-state index contributed by atoms with van der Waals surface area (Å²) in [7, 11) is 0. The molecule has 0 aliphatic carbocycles. The highest BCUT2D eigenvalue weighted by Crippen LogP contribution is 2.34. The molecule has 3 aromatic rings. The fraction of sp³-hybridized carbons (Fsp3) is 0.222. The van der Waals surface area contributed by atoms with Crippen LogP contribution in [0.5, 0.6) is 0 Å². The molecule has 152 valence electrons. The summed E-state index contributed by atoms with van der Waals surface area (Å²) >= 11 is 1.48. The Morgan fingerprint density at radius 1 is 1.17 bits per heavy atom. The van der Waals surface area contributed by atoms with E-state index in [0.29, 0.717) is 5.82 Å². The standard InChI is InChI=1S/C18H15F3N4O3S/c1-10(26)22-13-3-2-12(18(19,20)21)8-14(13)23-15(27)4-5-16-24-17(25-28-16)11-6-7-29-9-11/h2-3,6-9H,4-5H2,1H3,(H,22,26)(H,23,27). The zero-order valence-corrected chi connectivity index (χ0v) is 15.9. The number of carbonyl (C=O) groups is 2. The molecule has 11 heteroatoms. The quantitative estimate of drug-likeness (QED) is 0.613. The van der Waals surface area contributed by atoms with E-state index in [1.165, 1.54) is 18.3 Å². The van der Waals surface area contributed by atoms with Crippen LogP contribution in [0.2, 0.25) is 0 Å². The number of nitrogens with zero attached hydrogens (tertiary/aromatic N) is 2. The van der Waals surface area contributed by atoms with E-state index < -0.39 is 23.6 Å². The van der Waals surface area contributed by atoms with Gasteiger partial charge in [-0.15, -0.1) is 0 Å². The number of rotatable bonds is 6. The summed E-state index contributed by atoms with van der Waals surface area (Å²) in [5.41, 5.74) is -0.238. The second kappa shape index (κ2) is 8.43. The van der Waals surface area contributed by atoms with Crippen molar-refractivity contribution in [2.75, 3.05) is 10.6 Å². The van der Waals surface area contributed by atoms with E-state index >= 15 is 0 Å². The summed E-state index contributed by atoms with van der Waals surface area (Å²) in [6, 6.07) is 4.50. The normalized spacial score (nSPS) is 11.3. The lowest BCUT2D eigenvalue weighted by Gasteiger charge is -2.14. The highest BCUT2D eigenvalue weighted by Gasteiger charge is 2.31. The van der Waals surface area contributed by atoms with Gasteiger partial charge in [-0.25, -0.2) is 0 Å². The molecule has 0 bridgehead atoms. The van der Waals surface area contributed by atoms with Gasteiger partial charge in [0, 0.05) is 30.7 Å². The van der Waals surface area contributed by atoms with E-state index in [-0.39, 0.29) is 30.1 Å². The first-order valence-corrected chi connectivity index (χ1v) is 9.30. The van der Waals surface area contributed by atoms with Crippen LogP contribution in [0.15, 0.2) is 39.5 Å². The third-order valence-corrected chi connectivity index (χ3v) is 4.43. The van der Waals surface area contributed by atoms with Crippen molar-refractivity contribution < 1.29 is 27.3 Å². The second-order valence-corrected chi connectivity index (χ2v) is 6.79. The summed E-state index contributed by atoms with van der Waals surface area (Å²) in [6.07, 6.45) is -4.57. The van der Waals surface area contributed by atoms with Gasteiger partial charge in [-0.05, 0) is 29.6 Å². The van der Waals surface area contributed by atoms with Crippen LogP contribution in [-0.4, -0.2) is 22.0 Å². The van der Waals surface area contributed by atoms with Gasteiger partial charge in [-0.1, -0.05) is 5.16 Å². The molecule has 0 fully saturated rings. The first-order chi connectivity index (χ1) is 13.7. The van der Waals surface area contributed by atoms with E-state index in [1.807, 2.05) is 16.8 Å². The van der Waals surface area contributed by atoms with Crippen molar-refractivity contribution in [1.29, 1.82) is 0 Å². The average molecular weight is 424 g/mol. The minimum absolute atomic E-state index is 0.0661. The zero-order chi connectivity index (χ0) is 21.0. The van der Waals surface area contributed by atoms with Gasteiger partial charge in [0.2, 0.25) is 23.5 Å². The van der Waals surface area contributed by atoms with Crippen LogP contribution in [-0.2, 0) is 22.2 Å². The smallest absolute Gasteiger partial charge is 0.339 e. The van der Waals surface area contributed by atoms with Crippen molar-refractivity contribution in [1.82, 2.24) is 10.1 Å². The predicted octanol–water partition coefficient (Wildman–Crippen LogP) is 4.35. The first-order valence-electron chi connectivity index (χ1n) is 8.36. The minimum atomic E-state index is -4.59. The number of anilines is 2. The third-order valence-electron chi connectivity index (χ3n) is 3.75. The van der Waals surface area contributed by atoms with Crippen LogP contribution in [0, 0.1) is 0 Å². The number of halogens is 3. The Kier molecular flexibility index (Phi) is 5.97. The number of aryl methyl sites for hydroxylation is 1. The number of amides is 2. The number of nitrogens with one attached hydrogen (secondary N) is 2. The second-order valence-electron chi connectivity index (χ2n) is 6.01. The molecule has 2 N–H and O–H groups in total. The topological polar surface area (TPSA) is 97.1 Å². The van der Waals surface area contributed by atoms with Crippen molar-refractivity contribution in [3.8, 4) is 11.4 Å². The number of benzene rings is 1. The molecule has 0 aliphatic heterocycles. The van der Waals surface area contributed by atoms with Gasteiger partial charge in [-0.2, -0.15) is 29.5 Å². The largest absolute Gasteiger partial charge is 0.416 e. The van der Waals surface area contributed by atoms with Crippen LogP contribution in [0.25, 0.3) is 11.4 Å². The van der Waals surface area contributed by atoms with E-state index in [4.69, 9.17) is 4.52 Å². The van der Waals surface area contributed by atoms with Crippen molar-refractivity contribution >= 4 is 34.5 Å². The molecule has 0 aliphatic rings. The summed E-state index contributed by atoms with van der Waals surface area (Å²) in [5.74, 6) is -0.418. The molecule has 29 heavy (non-hydrogen) atoms. The highest BCUT2D eigenvalue weighted by molar-refractivity contribution is 7.08. The van der Waals surface area contributed by atoms with Gasteiger partial charge in [-0.3, -0.25) is 9.59 Å². The van der Waals surface area contributed by atoms with Gasteiger partial charge < -0.3 is 15.2 Å². The lowest BCUT2D eigenvalue weighted by Crippen LogP contribution is -2.17. The predicted molar refractivity (Wildman–Crippen MR) is 100 cm³/mol. The number of hydrogen-bond acceptors (Lipinski definition) is 6. The fourth-order valence-corrected chi connectivity index (χ4v) is 3.06. The molecule has 2 aromatic heterocycles. The molecule has 3 rings (SSSR count). The maximum atomic E-state index is 13.0. The summed E-state index contributed by atoms with van der Waals surface area (Å²) in [6.45, 7) is 1.21. The Balaban J connectivity index is 1.68. The third kappa shape index (κ3) is 5.41. The van der Waals surface area contributed by atoms with E-state index in [1.54, 1.807) is 0 Å². The van der Waals surface area contributed by atoms with Crippen molar-refractivity contribution in [3.63, 3.8) is 0 Å². The molecule has 0 radical (unpaired) electrons. The van der Waals surface area contributed by atoms with Crippen LogP contribution in [0.4, 0.5) is 24.5 Å². The zero-order valence-electron chi connectivity index (χ0n) is 15.0. The van der Waals surface area contributed by atoms with E-state index in [9.17, 15) is 22.8 Å². The lowest BCUT2D eigenvalue weighted by atomic mass is 10.1. The van der Waals surface area contributed by atoms with Crippen molar-refractivity contribution in [3.05, 3.63) is 46.5 Å². The van der Waals surface area contributed by atoms with Crippen LogP contribution in [0.1, 0.15) is 24.8 Å². The van der Waals surface area contributed by atoms with Gasteiger partial charge in [0.25, 0.3) is 0 Å². The molecule has 0 atom stereocenters. The number of hydrogen-bond donors (Lipinski definition) is 2. The van der Waals surface area contributed by atoms with E-state index in [2.05, 4.69) is 20.8 Å². The maximum Gasteiger partial charge on any atom is 0.416 e.